The lowest BCUT2D eigenvalue weighted by molar-refractivity contribution is -0.117. The highest BCUT2D eigenvalue weighted by Gasteiger charge is 2.29. The molecule has 1 unspecified atom stereocenters. The van der Waals surface area contributed by atoms with Crippen LogP contribution in [0.2, 0.25) is 5.02 Å². The second-order valence-corrected chi connectivity index (χ2v) is 9.53. The Labute approximate surface area is 193 Å². The number of sulfonamides is 1. The molecule has 0 bridgehead atoms. The Bertz CT molecular complexity index is 1190. The highest BCUT2D eigenvalue weighted by molar-refractivity contribution is 7.89. The van der Waals surface area contributed by atoms with Gasteiger partial charge in [-0.15, -0.1) is 0 Å². The van der Waals surface area contributed by atoms with Crippen molar-refractivity contribution in [1.82, 2.24) is 4.72 Å². The highest BCUT2D eigenvalue weighted by Crippen LogP contribution is 2.27. The fraction of sp³-hybridized carbons (Fsp3) is 0.208. The summed E-state index contributed by atoms with van der Waals surface area (Å²) in [6.45, 7) is 3.77. The van der Waals surface area contributed by atoms with Crippen LogP contribution in [0.25, 0.3) is 0 Å². The Morgan fingerprint density at radius 2 is 1.66 bits per heavy atom. The van der Waals surface area contributed by atoms with Crippen LogP contribution in [0.5, 0.6) is 5.75 Å². The number of ether oxygens (including phenoxy) is 1. The molecular weight excluding hydrogens is 448 g/mol. The van der Waals surface area contributed by atoms with Crippen molar-refractivity contribution in [3.8, 4) is 5.75 Å². The number of amides is 1. The van der Waals surface area contributed by atoms with E-state index in [1.54, 1.807) is 0 Å². The number of rotatable bonds is 8. The normalized spacial score (nSPS) is 12.2. The number of anilines is 1. The van der Waals surface area contributed by atoms with E-state index in [2.05, 4.69) is 10.0 Å². The van der Waals surface area contributed by atoms with Gasteiger partial charge in [-0.25, -0.2) is 8.42 Å². The number of halogens is 1. The van der Waals surface area contributed by atoms with E-state index in [-0.39, 0.29) is 22.1 Å². The number of para-hydroxylation sites is 1. The average Bonchev–Trinajstić information content (AvgIpc) is 2.76. The minimum absolute atomic E-state index is 0.134. The Morgan fingerprint density at radius 1 is 1.00 bits per heavy atom. The molecule has 0 aliphatic heterocycles. The number of hydrogen-bond donors (Lipinski definition) is 2. The van der Waals surface area contributed by atoms with E-state index >= 15 is 0 Å². The van der Waals surface area contributed by atoms with Gasteiger partial charge in [0.05, 0.1) is 7.11 Å². The van der Waals surface area contributed by atoms with Gasteiger partial charge in [0.1, 0.15) is 16.7 Å². The molecule has 3 rings (SSSR count). The predicted molar refractivity (Wildman–Crippen MR) is 127 cm³/mol. The molecule has 0 saturated carbocycles. The number of nitrogens with one attached hydrogen (secondary N) is 2. The molecule has 3 aromatic carbocycles. The van der Waals surface area contributed by atoms with Crippen molar-refractivity contribution >= 4 is 33.2 Å². The topological polar surface area (TPSA) is 84.5 Å². The minimum atomic E-state index is -4.12. The Morgan fingerprint density at radius 3 is 2.28 bits per heavy atom. The van der Waals surface area contributed by atoms with Crippen molar-refractivity contribution in [2.24, 2.45) is 0 Å². The standard InChI is InChI=1S/C24H25ClN2O4S/c1-16-8-7-9-17(2)23(16)26-24(28)20(14-18-10-5-4-6-11-18)27-32(29,30)22-15-19(25)12-13-21(22)31-3/h4-13,15,20,27H,14H2,1-3H3,(H,26,28). The summed E-state index contributed by atoms with van der Waals surface area (Å²) in [6.07, 6.45) is 0.166. The smallest absolute Gasteiger partial charge is 0.245 e. The van der Waals surface area contributed by atoms with E-state index in [0.717, 1.165) is 16.7 Å². The summed E-state index contributed by atoms with van der Waals surface area (Å²) in [5.41, 5.74) is 3.25. The Kier molecular flexibility index (Phi) is 7.56. The van der Waals surface area contributed by atoms with Gasteiger partial charge in [-0.3, -0.25) is 4.79 Å². The molecule has 32 heavy (non-hydrogen) atoms. The second kappa shape index (κ2) is 10.2. The number of carbonyl (C=O) groups is 1. The average molecular weight is 473 g/mol. The summed E-state index contributed by atoms with van der Waals surface area (Å²) in [7, 11) is -2.75. The van der Waals surface area contributed by atoms with E-state index in [0.29, 0.717) is 5.69 Å². The molecule has 8 heteroatoms. The van der Waals surface area contributed by atoms with Gasteiger partial charge in [-0.1, -0.05) is 60.1 Å². The number of benzene rings is 3. The number of aryl methyl sites for hydroxylation is 2. The lowest BCUT2D eigenvalue weighted by Gasteiger charge is -2.21. The van der Waals surface area contributed by atoms with Crippen LogP contribution in [-0.2, 0) is 21.2 Å². The van der Waals surface area contributed by atoms with Gasteiger partial charge in [0.2, 0.25) is 15.9 Å². The third kappa shape index (κ3) is 5.68. The molecule has 0 heterocycles. The number of methoxy groups -OCH3 is 1. The van der Waals surface area contributed by atoms with Crippen molar-refractivity contribution < 1.29 is 17.9 Å². The molecule has 1 amide bonds. The second-order valence-electron chi connectivity index (χ2n) is 7.41. The largest absolute Gasteiger partial charge is 0.495 e. The zero-order valence-electron chi connectivity index (χ0n) is 18.1. The van der Waals surface area contributed by atoms with Crippen molar-refractivity contribution in [3.63, 3.8) is 0 Å². The Balaban J connectivity index is 1.96. The summed E-state index contributed by atoms with van der Waals surface area (Å²) in [5.74, 6) is -0.327. The first-order valence-corrected chi connectivity index (χ1v) is 11.8. The first-order chi connectivity index (χ1) is 15.2. The zero-order chi connectivity index (χ0) is 23.3. The van der Waals surface area contributed by atoms with Crippen LogP contribution >= 0.6 is 11.6 Å². The Hall–Kier alpha value is -2.87. The molecule has 2 N–H and O–H groups in total. The molecule has 6 nitrogen and oxygen atoms in total. The van der Waals surface area contributed by atoms with Gasteiger partial charge < -0.3 is 10.1 Å². The van der Waals surface area contributed by atoms with Gasteiger partial charge in [0.25, 0.3) is 0 Å². The molecule has 0 fully saturated rings. The quantitative estimate of drug-likeness (QED) is 0.505. The summed E-state index contributed by atoms with van der Waals surface area (Å²) in [4.78, 5) is 13.1. The molecule has 0 saturated heterocycles. The lowest BCUT2D eigenvalue weighted by Crippen LogP contribution is -2.45. The number of carbonyl (C=O) groups excluding carboxylic acids is 1. The van der Waals surface area contributed by atoms with Gasteiger partial charge in [-0.05, 0) is 55.2 Å². The van der Waals surface area contributed by atoms with Crippen LogP contribution in [0.15, 0.2) is 71.6 Å². The van der Waals surface area contributed by atoms with Crippen LogP contribution < -0.4 is 14.8 Å². The van der Waals surface area contributed by atoms with Crippen LogP contribution in [-0.4, -0.2) is 27.5 Å². The fourth-order valence-corrected chi connectivity index (χ4v) is 5.00. The van der Waals surface area contributed by atoms with Crippen molar-refractivity contribution in [1.29, 1.82) is 0 Å². The van der Waals surface area contributed by atoms with E-state index in [1.165, 1.54) is 25.3 Å². The SMILES string of the molecule is COc1ccc(Cl)cc1S(=O)(=O)NC(Cc1ccccc1)C(=O)Nc1c(C)cccc1C. The summed E-state index contributed by atoms with van der Waals surface area (Å²) in [5, 5.41) is 3.13. The van der Waals surface area contributed by atoms with E-state index in [4.69, 9.17) is 16.3 Å². The molecule has 0 aliphatic rings. The predicted octanol–water partition coefficient (Wildman–Crippen LogP) is 4.49. The van der Waals surface area contributed by atoms with Crippen LogP contribution in [0.3, 0.4) is 0 Å². The maximum Gasteiger partial charge on any atom is 0.245 e. The van der Waals surface area contributed by atoms with E-state index in [9.17, 15) is 13.2 Å². The molecule has 0 radical (unpaired) electrons. The number of hydrogen-bond acceptors (Lipinski definition) is 4. The molecule has 168 valence electrons. The molecular formula is C24H25ClN2O4S. The van der Waals surface area contributed by atoms with E-state index < -0.39 is 22.0 Å². The van der Waals surface area contributed by atoms with Crippen LogP contribution in [0.1, 0.15) is 16.7 Å². The van der Waals surface area contributed by atoms with E-state index in [1.807, 2.05) is 62.4 Å². The maximum absolute atomic E-state index is 13.3. The fourth-order valence-electron chi connectivity index (χ4n) is 3.37. The maximum atomic E-state index is 13.3. The molecule has 1 atom stereocenters. The van der Waals surface area contributed by atoms with Crippen LogP contribution in [0.4, 0.5) is 5.69 Å². The first-order valence-electron chi connectivity index (χ1n) is 9.98. The van der Waals surface area contributed by atoms with Crippen molar-refractivity contribution in [2.45, 2.75) is 31.2 Å². The summed E-state index contributed by atoms with van der Waals surface area (Å²) < 4.78 is 34.2. The highest BCUT2D eigenvalue weighted by atomic mass is 35.5. The third-order valence-electron chi connectivity index (χ3n) is 5.04. The van der Waals surface area contributed by atoms with Gasteiger partial charge in [0, 0.05) is 10.7 Å². The molecule has 0 aromatic heterocycles. The van der Waals surface area contributed by atoms with Gasteiger partial charge >= 0.3 is 0 Å². The van der Waals surface area contributed by atoms with Crippen LogP contribution in [0, 0.1) is 13.8 Å². The molecule has 3 aromatic rings. The molecule has 0 spiro atoms. The summed E-state index contributed by atoms with van der Waals surface area (Å²) in [6, 6.07) is 18.1. The van der Waals surface area contributed by atoms with Gasteiger partial charge in [0.15, 0.2) is 0 Å². The first kappa shape index (κ1) is 23.8. The monoisotopic (exact) mass is 472 g/mol. The summed E-state index contributed by atoms with van der Waals surface area (Å²) >= 11 is 6.02. The lowest BCUT2D eigenvalue weighted by atomic mass is 10.0. The van der Waals surface area contributed by atoms with Crippen molar-refractivity contribution in [2.75, 3.05) is 12.4 Å². The van der Waals surface area contributed by atoms with Gasteiger partial charge in [-0.2, -0.15) is 4.72 Å². The third-order valence-corrected chi connectivity index (χ3v) is 6.77. The minimum Gasteiger partial charge on any atom is -0.495 e. The molecule has 0 aliphatic carbocycles. The zero-order valence-corrected chi connectivity index (χ0v) is 19.6. The van der Waals surface area contributed by atoms with Crippen molar-refractivity contribution in [3.05, 3.63) is 88.4 Å².